The first-order valence-corrected chi connectivity index (χ1v) is 14.5. The van der Waals surface area contributed by atoms with Gasteiger partial charge in [-0.1, -0.05) is 29.8 Å². The molecule has 1 saturated heterocycles. The van der Waals surface area contributed by atoms with E-state index in [2.05, 4.69) is 20.8 Å². The molecule has 6 atom stereocenters. The van der Waals surface area contributed by atoms with Gasteiger partial charge < -0.3 is 20.6 Å². The zero-order valence-electron chi connectivity index (χ0n) is 22.6. The van der Waals surface area contributed by atoms with Gasteiger partial charge in [0, 0.05) is 48.5 Å². The minimum absolute atomic E-state index is 0.0546. The lowest BCUT2D eigenvalue weighted by Gasteiger charge is -2.28. The number of nitriles is 1. The van der Waals surface area contributed by atoms with Crippen LogP contribution in [0, 0.1) is 40.9 Å². The standard InChI is InChI=1S/C30H34ClFN6O3/c31-20-7-5-18(6-8-20)27(35-29(40)19-3-4-19)2-1-13-34-30(41)25-17-38(28-12-9-21(15-33)36-37-28)16-24(25)23-11-10-22(39)14-26(23)32/h5,7-12,14,18-19,23-27,39H,1-4,6,13,16-17H2,(H,34,41)(H,35,40)/t18?,23?,24-,25?,26?,27-/m0/s1. The smallest absolute Gasteiger partial charge is 0.225 e. The molecule has 2 heterocycles. The summed E-state index contributed by atoms with van der Waals surface area (Å²) >= 11 is 6.10. The molecule has 1 saturated carbocycles. The first-order chi connectivity index (χ1) is 19.8. The molecule has 0 radical (unpaired) electrons. The van der Waals surface area contributed by atoms with Gasteiger partial charge in [-0.25, -0.2) is 4.39 Å². The molecule has 0 spiro atoms. The lowest BCUT2D eigenvalue weighted by Crippen LogP contribution is -2.42. The zero-order chi connectivity index (χ0) is 28.9. The third-order valence-corrected chi connectivity index (χ3v) is 8.62. The summed E-state index contributed by atoms with van der Waals surface area (Å²) in [5, 5.41) is 33.7. The van der Waals surface area contributed by atoms with Crippen molar-refractivity contribution in [3.8, 4) is 6.07 Å². The number of aliphatic hydroxyl groups is 1. The molecule has 1 aromatic rings. The maximum Gasteiger partial charge on any atom is 0.225 e. The van der Waals surface area contributed by atoms with Crippen LogP contribution in [0.5, 0.6) is 0 Å². The van der Waals surface area contributed by atoms with E-state index in [1.807, 2.05) is 29.2 Å². The number of hydrogen-bond acceptors (Lipinski definition) is 7. The summed E-state index contributed by atoms with van der Waals surface area (Å²) in [6.07, 6.45) is 12.7. The molecule has 9 nitrogen and oxygen atoms in total. The summed E-state index contributed by atoms with van der Waals surface area (Å²) in [5.74, 6) is -0.918. The van der Waals surface area contributed by atoms with Gasteiger partial charge in [0.05, 0.1) is 5.92 Å². The van der Waals surface area contributed by atoms with Gasteiger partial charge in [-0.05, 0) is 68.4 Å². The highest BCUT2D eigenvalue weighted by Crippen LogP contribution is 2.38. The topological polar surface area (TPSA) is 131 Å². The number of nitrogens with one attached hydrogen (secondary N) is 2. The van der Waals surface area contributed by atoms with Crippen molar-refractivity contribution in [1.82, 2.24) is 20.8 Å². The van der Waals surface area contributed by atoms with Crippen LogP contribution in [0.1, 0.15) is 37.8 Å². The monoisotopic (exact) mass is 580 g/mol. The van der Waals surface area contributed by atoms with Crippen LogP contribution in [-0.4, -0.2) is 59.0 Å². The second-order valence-electron chi connectivity index (χ2n) is 11.2. The molecule has 3 aliphatic carbocycles. The summed E-state index contributed by atoms with van der Waals surface area (Å²) in [6.45, 7) is 1.12. The number of rotatable bonds is 10. The van der Waals surface area contributed by atoms with Crippen LogP contribution in [0.3, 0.4) is 0 Å². The number of carbonyl (C=O) groups is 2. The van der Waals surface area contributed by atoms with Crippen molar-refractivity contribution in [1.29, 1.82) is 5.26 Å². The summed E-state index contributed by atoms with van der Waals surface area (Å²) in [6, 6.07) is 5.13. The summed E-state index contributed by atoms with van der Waals surface area (Å²) < 4.78 is 15.0. The van der Waals surface area contributed by atoms with E-state index < -0.39 is 18.0 Å². The Hall–Kier alpha value is -3.71. The summed E-state index contributed by atoms with van der Waals surface area (Å²) in [7, 11) is 0. The van der Waals surface area contributed by atoms with Crippen LogP contribution in [0.25, 0.3) is 0 Å². The van der Waals surface area contributed by atoms with Crippen molar-refractivity contribution in [3.63, 3.8) is 0 Å². The number of anilines is 1. The molecule has 4 unspecified atom stereocenters. The molecule has 2 amide bonds. The Bertz CT molecular complexity index is 1300. The SMILES string of the molecule is N#Cc1ccc(N2CC(C(=O)NCCC[C@H](NC(=O)C3CC3)C3C=CC(Cl)=CC3)[C@H](C3C=CC(O)=CC3F)C2)nn1. The van der Waals surface area contributed by atoms with E-state index in [0.29, 0.717) is 43.3 Å². The van der Waals surface area contributed by atoms with E-state index in [0.717, 1.165) is 19.3 Å². The van der Waals surface area contributed by atoms with Gasteiger partial charge in [-0.15, -0.1) is 10.2 Å². The number of allylic oxidation sites excluding steroid dienone is 6. The molecule has 0 bridgehead atoms. The van der Waals surface area contributed by atoms with Crippen LogP contribution in [-0.2, 0) is 9.59 Å². The van der Waals surface area contributed by atoms with Gasteiger partial charge in [0.15, 0.2) is 11.5 Å². The van der Waals surface area contributed by atoms with Gasteiger partial charge in [0.2, 0.25) is 11.8 Å². The second kappa shape index (κ2) is 12.9. The fraction of sp³-hybridized carbons (Fsp3) is 0.500. The van der Waals surface area contributed by atoms with Crippen LogP contribution in [0.4, 0.5) is 10.2 Å². The number of carbonyl (C=O) groups excluding carboxylic acids is 2. The molecule has 11 heteroatoms. The van der Waals surface area contributed by atoms with Crippen molar-refractivity contribution in [2.24, 2.45) is 29.6 Å². The average Bonchev–Trinajstić information content (AvgIpc) is 3.74. The number of hydrogen-bond donors (Lipinski definition) is 3. The summed E-state index contributed by atoms with van der Waals surface area (Å²) in [5.41, 5.74) is 0.188. The Morgan fingerprint density at radius 2 is 2.02 bits per heavy atom. The number of halogens is 2. The average molecular weight is 581 g/mol. The predicted molar refractivity (Wildman–Crippen MR) is 152 cm³/mol. The Morgan fingerprint density at radius 3 is 2.68 bits per heavy atom. The van der Waals surface area contributed by atoms with Gasteiger partial charge >= 0.3 is 0 Å². The van der Waals surface area contributed by atoms with Crippen LogP contribution >= 0.6 is 11.6 Å². The van der Waals surface area contributed by atoms with Crippen LogP contribution in [0.15, 0.2) is 59.4 Å². The van der Waals surface area contributed by atoms with Crippen molar-refractivity contribution in [3.05, 3.63) is 65.1 Å². The molecule has 41 heavy (non-hydrogen) atoms. The molecule has 2 fully saturated rings. The molecule has 3 N–H and O–H groups in total. The molecular weight excluding hydrogens is 547 g/mol. The van der Waals surface area contributed by atoms with Crippen molar-refractivity contribution in [2.75, 3.05) is 24.5 Å². The van der Waals surface area contributed by atoms with E-state index in [-0.39, 0.29) is 47.1 Å². The molecule has 4 aliphatic rings. The number of aromatic nitrogens is 2. The van der Waals surface area contributed by atoms with E-state index in [4.69, 9.17) is 16.9 Å². The van der Waals surface area contributed by atoms with E-state index >= 15 is 4.39 Å². The first kappa shape index (κ1) is 28.8. The third kappa shape index (κ3) is 7.14. The van der Waals surface area contributed by atoms with E-state index in [1.54, 1.807) is 18.2 Å². The minimum atomic E-state index is -1.42. The zero-order valence-corrected chi connectivity index (χ0v) is 23.4. The molecule has 0 aromatic carbocycles. The van der Waals surface area contributed by atoms with Gasteiger partial charge in [-0.3, -0.25) is 9.59 Å². The number of alkyl halides is 1. The molecule has 1 aliphatic heterocycles. The number of amides is 2. The van der Waals surface area contributed by atoms with Crippen molar-refractivity contribution in [2.45, 2.75) is 44.3 Å². The Labute approximate surface area is 243 Å². The lowest BCUT2D eigenvalue weighted by atomic mass is 9.79. The van der Waals surface area contributed by atoms with Crippen LogP contribution < -0.4 is 15.5 Å². The quantitative estimate of drug-likeness (QED) is 0.358. The number of aliphatic hydroxyl groups excluding tert-OH is 1. The highest BCUT2D eigenvalue weighted by molar-refractivity contribution is 6.31. The largest absolute Gasteiger partial charge is 0.508 e. The minimum Gasteiger partial charge on any atom is -0.508 e. The fourth-order valence-corrected chi connectivity index (χ4v) is 6.04. The van der Waals surface area contributed by atoms with Gasteiger partial charge in [0.1, 0.15) is 18.0 Å². The normalized spacial score (nSPS) is 27.9. The Morgan fingerprint density at radius 1 is 1.20 bits per heavy atom. The summed E-state index contributed by atoms with van der Waals surface area (Å²) in [4.78, 5) is 27.9. The number of nitrogens with zero attached hydrogens (tertiary/aromatic N) is 4. The van der Waals surface area contributed by atoms with Gasteiger partial charge in [0.25, 0.3) is 0 Å². The Kier molecular flexibility index (Phi) is 9.03. The highest BCUT2D eigenvalue weighted by Gasteiger charge is 2.44. The second-order valence-corrected chi connectivity index (χ2v) is 11.6. The highest BCUT2D eigenvalue weighted by atomic mass is 35.5. The van der Waals surface area contributed by atoms with E-state index in [9.17, 15) is 14.7 Å². The van der Waals surface area contributed by atoms with Crippen molar-refractivity contribution >= 4 is 29.2 Å². The lowest BCUT2D eigenvalue weighted by molar-refractivity contribution is -0.126. The fourth-order valence-electron chi connectivity index (χ4n) is 5.87. The third-order valence-electron chi connectivity index (χ3n) is 8.34. The molecule has 216 valence electrons. The molecular formula is C30H34ClFN6O3. The van der Waals surface area contributed by atoms with Gasteiger partial charge in [-0.2, -0.15) is 5.26 Å². The predicted octanol–water partition coefficient (Wildman–Crippen LogP) is 3.86. The van der Waals surface area contributed by atoms with Crippen LogP contribution in [0.2, 0.25) is 0 Å². The van der Waals surface area contributed by atoms with E-state index in [1.165, 1.54) is 12.2 Å². The Balaban J connectivity index is 1.21. The van der Waals surface area contributed by atoms with Crippen molar-refractivity contribution < 1.29 is 19.1 Å². The molecule has 5 rings (SSSR count). The maximum absolute atomic E-state index is 15.0. The molecule has 1 aromatic heterocycles. The first-order valence-electron chi connectivity index (χ1n) is 14.2. The maximum atomic E-state index is 15.0.